The Morgan fingerprint density at radius 3 is 2.89 bits per heavy atom. The van der Waals surface area contributed by atoms with E-state index >= 15 is 0 Å². The number of carbonyl (C=O) groups excluding carboxylic acids is 1. The molecule has 0 aliphatic carbocycles. The molecule has 0 spiro atoms. The molecule has 1 aromatic carbocycles. The number of thioether (sulfide) groups is 2. The molecule has 6 nitrogen and oxygen atoms in total. The van der Waals surface area contributed by atoms with Crippen LogP contribution in [0.4, 0.5) is 5.69 Å². The lowest BCUT2D eigenvalue weighted by Crippen LogP contribution is -2.32. The Morgan fingerprint density at radius 1 is 1.33 bits per heavy atom. The summed E-state index contributed by atoms with van der Waals surface area (Å²) in [4.78, 5) is 27.5. The van der Waals surface area contributed by atoms with Gasteiger partial charge in [-0.1, -0.05) is 6.07 Å². The lowest BCUT2D eigenvalue weighted by Gasteiger charge is -2.25. The third-order valence-corrected chi connectivity index (χ3v) is 5.72. The summed E-state index contributed by atoms with van der Waals surface area (Å²) >= 11 is 3.53. The molecule has 0 unspecified atom stereocenters. The molecule has 1 aromatic heterocycles. The first kappa shape index (κ1) is 19.9. The first-order valence-electron chi connectivity index (χ1n) is 8.62. The summed E-state index contributed by atoms with van der Waals surface area (Å²) < 4.78 is 10.8. The van der Waals surface area contributed by atoms with E-state index in [1.54, 1.807) is 17.8 Å². The van der Waals surface area contributed by atoms with Gasteiger partial charge in [-0.15, -0.1) is 11.8 Å². The lowest BCUT2D eigenvalue weighted by molar-refractivity contribution is -0.118. The fourth-order valence-electron chi connectivity index (χ4n) is 2.65. The third kappa shape index (κ3) is 6.05. The van der Waals surface area contributed by atoms with Crippen molar-refractivity contribution in [2.24, 2.45) is 0 Å². The van der Waals surface area contributed by atoms with E-state index in [9.17, 15) is 9.59 Å². The van der Waals surface area contributed by atoms with E-state index in [1.807, 2.05) is 36.2 Å². The predicted molar refractivity (Wildman–Crippen MR) is 110 cm³/mol. The van der Waals surface area contributed by atoms with E-state index in [2.05, 4.69) is 10.2 Å². The second-order valence-corrected chi connectivity index (χ2v) is 8.14. The quantitative estimate of drug-likeness (QED) is 0.709. The van der Waals surface area contributed by atoms with Gasteiger partial charge >= 0.3 is 0 Å². The van der Waals surface area contributed by atoms with Crippen LogP contribution in [0, 0.1) is 0 Å². The number of nitrogens with one attached hydrogen (secondary N) is 1. The number of hydrogen-bond donors (Lipinski definition) is 1. The van der Waals surface area contributed by atoms with Crippen molar-refractivity contribution < 1.29 is 13.9 Å². The van der Waals surface area contributed by atoms with Gasteiger partial charge in [-0.05, 0) is 24.5 Å². The van der Waals surface area contributed by atoms with Crippen LogP contribution in [0.1, 0.15) is 5.76 Å². The molecule has 2 aromatic rings. The van der Waals surface area contributed by atoms with Crippen LogP contribution in [-0.4, -0.2) is 48.3 Å². The van der Waals surface area contributed by atoms with Crippen LogP contribution in [0.5, 0.6) is 5.75 Å². The van der Waals surface area contributed by atoms with E-state index in [0.717, 1.165) is 29.5 Å². The smallest absolute Gasteiger partial charge is 0.262 e. The molecule has 1 fully saturated rings. The van der Waals surface area contributed by atoms with Crippen LogP contribution in [0.25, 0.3) is 0 Å². The van der Waals surface area contributed by atoms with Crippen molar-refractivity contribution in [1.82, 2.24) is 4.90 Å². The lowest BCUT2D eigenvalue weighted by atomic mass is 10.3. The molecule has 1 N–H and O–H groups in total. The van der Waals surface area contributed by atoms with Crippen LogP contribution < -0.4 is 15.5 Å². The maximum absolute atomic E-state index is 12.2. The number of rotatable bonds is 7. The van der Waals surface area contributed by atoms with Crippen molar-refractivity contribution in [1.29, 1.82) is 0 Å². The molecule has 0 bridgehead atoms. The second-order valence-electron chi connectivity index (χ2n) is 6.03. The second kappa shape index (κ2) is 9.87. The zero-order valence-corrected chi connectivity index (χ0v) is 16.7. The molecule has 27 heavy (non-hydrogen) atoms. The SMILES string of the molecule is CSc1cccc(NC(=O)COc2coc(CN3CCSCC3)cc2=O)c1. The summed E-state index contributed by atoms with van der Waals surface area (Å²) in [5.41, 5.74) is 0.414. The Labute approximate surface area is 166 Å². The molecule has 2 heterocycles. The zero-order valence-electron chi connectivity index (χ0n) is 15.1. The van der Waals surface area contributed by atoms with Crippen molar-refractivity contribution in [2.45, 2.75) is 11.4 Å². The van der Waals surface area contributed by atoms with E-state index in [-0.39, 0.29) is 23.7 Å². The Morgan fingerprint density at radius 2 is 2.15 bits per heavy atom. The maximum atomic E-state index is 12.2. The van der Waals surface area contributed by atoms with E-state index in [4.69, 9.17) is 9.15 Å². The maximum Gasteiger partial charge on any atom is 0.262 e. The molecule has 1 aliphatic rings. The highest BCUT2D eigenvalue weighted by Crippen LogP contribution is 2.19. The van der Waals surface area contributed by atoms with Gasteiger partial charge in [-0.25, -0.2) is 0 Å². The highest BCUT2D eigenvalue weighted by Gasteiger charge is 2.14. The number of anilines is 1. The van der Waals surface area contributed by atoms with E-state index in [0.29, 0.717) is 18.0 Å². The molecule has 144 valence electrons. The van der Waals surface area contributed by atoms with Crippen molar-refractivity contribution in [2.75, 3.05) is 42.8 Å². The van der Waals surface area contributed by atoms with Gasteiger partial charge in [0.2, 0.25) is 11.2 Å². The summed E-state index contributed by atoms with van der Waals surface area (Å²) in [7, 11) is 0. The van der Waals surface area contributed by atoms with Gasteiger partial charge in [0, 0.05) is 41.2 Å². The fourth-order valence-corrected chi connectivity index (χ4v) is 4.09. The van der Waals surface area contributed by atoms with Gasteiger partial charge in [0.1, 0.15) is 12.0 Å². The molecule has 1 saturated heterocycles. The minimum absolute atomic E-state index is 0.0426. The van der Waals surface area contributed by atoms with Crippen molar-refractivity contribution in [3.63, 3.8) is 0 Å². The minimum Gasteiger partial charge on any atom is -0.477 e. The largest absolute Gasteiger partial charge is 0.477 e. The Kier molecular flexibility index (Phi) is 7.25. The van der Waals surface area contributed by atoms with Crippen LogP contribution in [0.2, 0.25) is 0 Å². The molecule has 0 atom stereocenters. The average Bonchev–Trinajstić information content (AvgIpc) is 2.68. The van der Waals surface area contributed by atoms with Gasteiger partial charge in [0.25, 0.3) is 5.91 Å². The minimum atomic E-state index is -0.331. The number of amides is 1. The molecular formula is C19H22N2O4S2. The molecule has 3 rings (SSSR count). The number of ether oxygens (including phenoxy) is 1. The molecule has 1 aliphatic heterocycles. The van der Waals surface area contributed by atoms with Gasteiger partial charge in [0.05, 0.1) is 6.54 Å². The third-order valence-electron chi connectivity index (χ3n) is 4.05. The average molecular weight is 407 g/mol. The normalized spacial score (nSPS) is 14.7. The number of nitrogens with zero attached hydrogens (tertiary/aromatic N) is 1. The van der Waals surface area contributed by atoms with Gasteiger partial charge < -0.3 is 14.5 Å². The highest BCUT2D eigenvalue weighted by atomic mass is 32.2. The summed E-state index contributed by atoms with van der Waals surface area (Å²) in [6, 6.07) is 8.96. The number of carbonyl (C=O) groups is 1. The molecule has 1 amide bonds. The van der Waals surface area contributed by atoms with Gasteiger partial charge in [0.15, 0.2) is 6.61 Å². The number of benzene rings is 1. The fraction of sp³-hybridized carbons (Fsp3) is 0.368. The topological polar surface area (TPSA) is 71.8 Å². The van der Waals surface area contributed by atoms with Crippen LogP contribution in [-0.2, 0) is 11.3 Å². The predicted octanol–water partition coefficient (Wildman–Crippen LogP) is 2.93. The van der Waals surface area contributed by atoms with Crippen LogP contribution in [0.3, 0.4) is 0 Å². The summed E-state index contributed by atoms with van der Waals surface area (Å²) in [5.74, 6) is 2.52. The van der Waals surface area contributed by atoms with E-state index < -0.39 is 0 Å². The summed E-state index contributed by atoms with van der Waals surface area (Å²) in [6.07, 6.45) is 3.26. The summed E-state index contributed by atoms with van der Waals surface area (Å²) in [6.45, 7) is 2.34. The molecule has 8 heteroatoms. The highest BCUT2D eigenvalue weighted by molar-refractivity contribution is 7.99. The first-order chi connectivity index (χ1) is 13.1. The first-order valence-corrected chi connectivity index (χ1v) is 11.0. The van der Waals surface area contributed by atoms with Gasteiger partial charge in [-0.2, -0.15) is 11.8 Å². The standard InChI is InChI=1S/C19H22N2O4S2/c1-26-16-4-2-3-14(9-16)20-19(23)13-25-18-12-24-15(10-17(18)22)11-21-5-7-27-8-6-21/h2-4,9-10,12H,5-8,11,13H2,1H3,(H,20,23). The monoisotopic (exact) mass is 406 g/mol. The zero-order chi connectivity index (χ0) is 19.1. The molecular weight excluding hydrogens is 384 g/mol. The van der Waals surface area contributed by atoms with Crippen molar-refractivity contribution >= 4 is 35.1 Å². The number of hydrogen-bond acceptors (Lipinski definition) is 7. The Balaban J connectivity index is 1.52. The summed E-state index contributed by atoms with van der Waals surface area (Å²) in [5, 5.41) is 2.75. The van der Waals surface area contributed by atoms with E-state index in [1.165, 1.54) is 12.3 Å². The molecule has 0 saturated carbocycles. The van der Waals surface area contributed by atoms with Gasteiger partial charge in [-0.3, -0.25) is 14.5 Å². The van der Waals surface area contributed by atoms with Crippen LogP contribution >= 0.6 is 23.5 Å². The Hall–Kier alpha value is -1.90. The Bertz CT molecular complexity index is 834. The van der Waals surface area contributed by atoms with Crippen molar-refractivity contribution in [3.8, 4) is 5.75 Å². The van der Waals surface area contributed by atoms with Crippen molar-refractivity contribution in [3.05, 3.63) is 52.6 Å². The molecule has 0 radical (unpaired) electrons. The van der Waals surface area contributed by atoms with Crippen LogP contribution in [0.15, 0.2) is 50.7 Å².